The summed E-state index contributed by atoms with van der Waals surface area (Å²) in [7, 11) is 0. The minimum atomic E-state index is 0.0453. The molecule has 2 heterocycles. The van der Waals surface area contributed by atoms with E-state index >= 15 is 0 Å². The lowest BCUT2D eigenvalue weighted by molar-refractivity contribution is -0.115. The molecule has 1 aromatic heterocycles. The maximum absolute atomic E-state index is 11.4. The average Bonchev–Trinajstić information content (AvgIpc) is 3.09. The lowest BCUT2D eigenvalue weighted by Crippen LogP contribution is -2.03. The van der Waals surface area contributed by atoms with Gasteiger partial charge in [-0.3, -0.25) is 4.79 Å². The van der Waals surface area contributed by atoms with E-state index in [1.54, 1.807) is 23.5 Å². The summed E-state index contributed by atoms with van der Waals surface area (Å²) in [6.45, 7) is 7.50. The summed E-state index contributed by atoms with van der Waals surface area (Å²) in [5, 5.41) is 5.76. The summed E-state index contributed by atoms with van der Waals surface area (Å²) in [6, 6.07) is 5.94. The molecule has 0 unspecified atom stereocenters. The first-order valence-corrected chi connectivity index (χ1v) is 7.43. The third-order valence-corrected chi connectivity index (χ3v) is 4.19. The Morgan fingerprint density at radius 3 is 3.00 bits per heavy atom. The number of aromatic nitrogens is 1. The van der Waals surface area contributed by atoms with E-state index in [1.807, 2.05) is 29.7 Å². The molecule has 4 heteroatoms. The number of fused-ring (bicyclic) bond motifs is 1. The molecule has 3 rings (SSSR count). The summed E-state index contributed by atoms with van der Waals surface area (Å²) in [6.07, 6.45) is 5.83. The van der Waals surface area contributed by atoms with Crippen molar-refractivity contribution in [1.29, 1.82) is 0 Å². The van der Waals surface area contributed by atoms with Gasteiger partial charge in [-0.2, -0.15) is 0 Å². The van der Waals surface area contributed by atoms with Crippen LogP contribution >= 0.6 is 11.3 Å². The van der Waals surface area contributed by atoms with Crippen molar-refractivity contribution in [3.8, 4) is 11.3 Å². The molecule has 0 spiro atoms. The average molecular weight is 294 g/mol. The van der Waals surface area contributed by atoms with Crippen molar-refractivity contribution in [2.75, 3.05) is 5.32 Å². The van der Waals surface area contributed by atoms with E-state index in [1.165, 1.54) is 0 Å². The molecule has 0 aliphatic carbocycles. The number of nitrogens with one attached hydrogen (secondary N) is 1. The molecule has 1 aliphatic rings. The van der Waals surface area contributed by atoms with Crippen molar-refractivity contribution in [3.63, 3.8) is 0 Å². The van der Waals surface area contributed by atoms with Crippen molar-refractivity contribution in [1.82, 2.24) is 4.98 Å². The standard InChI is InChI=1S/C17H14N2OS/c1-3-5-11(4-2)17-19-15(10-21-17)12-6-7-14-13(8-12)9-16(20)18-14/h3-8,10H,1-2,9H2,(H,18,20). The minimum Gasteiger partial charge on any atom is -0.326 e. The molecule has 21 heavy (non-hydrogen) atoms. The second kappa shape index (κ2) is 5.50. The zero-order valence-electron chi connectivity index (χ0n) is 11.4. The van der Waals surface area contributed by atoms with Gasteiger partial charge in [-0.25, -0.2) is 4.98 Å². The predicted octanol–water partition coefficient (Wildman–Crippen LogP) is 4.06. The van der Waals surface area contributed by atoms with Crippen molar-refractivity contribution < 1.29 is 4.79 Å². The van der Waals surface area contributed by atoms with Crippen LogP contribution in [0.3, 0.4) is 0 Å². The molecule has 0 radical (unpaired) electrons. The maximum atomic E-state index is 11.4. The third kappa shape index (κ3) is 2.58. The predicted molar refractivity (Wildman–Crippen MR) is 88.3 cm³/mol. The van der Waals surface area contributed by atoms with E-state index in [4.69, 9.17) is 0 Å². The van der Waals surface area contributed by atoms with Crippen molar-refractivity contribution in [2.45, 2.75) is 6.42 Å². The van der Waals surface area contributed by atoms with Crippen LogP contribution in [0, 0.1) is 0 Å². The summed E-state index contributed by atoms with van der Waals surface area (Å²) < 4.78 is 0. The Morgan fingerprint density at radius 2 is 2.24 bits per heavy atom. The lowest BCUT2D eigenvalue weighted by atomic mass is 10.1. The lowest BCUT2D eigenvalue weighted by Gasteiger charge is -2.01. The third-order valence-electron chi connectivity index (χ3n) is 3.29. The minimum absolute atomic E-state index is 0.0453. The van der Waals surface area contributed by atoms with Gasteiger partial charge in [0.15, 0.2) is 0 Å². The summed E-state index contributed by atoms with van der Waals surface area (Å²) in [5.41, 5.74) is 4.82. The number of carbonyl (C=O) groups is 1. The Balaban J connectivity index is 1.96. The molecule has 2 aromatic rings. The van der Waals surface area contributed by atoms with Gasteiger partial charge in [-0.1, -0.05) is 37.5 Å². The number of rotatable bonds is 4. The largest absolute Gasteiger partial charge is 0.326 e. The molecular formula is C17H14N2OS. The number of hydrogen-bond donors (Lipinski definition) is 1. The van der Waals surface area contributed by atoms with Crippen LogP contribution in [0.4, 0.5) is 5.69 Å². The fraction of sp³-hybridized carbons (Fsp3) is 0.0588. The molecule has 1 aromatic carbocycles. The Labute approximate surface area is 127 Å². The van der Waals surface area contributed by atoms with Gasteiger partial charge in [-0.15, -0.1) is 11.3 Å². The van der Waals surface area contributed by atoms with Crippen molar-refractivity contribution >= 4 is 28.5 Å². The molecule has 3 nitrogen and oxygen atoms in total. The van der Waals surface area contributed by atoms with Crippen LogP contribution in [0.2, 0.25) is 0 Å². The first kappa shape index (κ1) is 13.5. The Kier molecular flexibility index (Phi) is 3.54. The monoisotopic (exact) mass is 294 g/mol. The molecule has 0 atom stereocenters. The number of anilines is 1. The smallest absolute Gasteiger partial charge is 0.228 e. The number of hydrogen-bond acceptors (Lipinski definition) is 3. The number of nitrogens with zero attached hydrogens (tertiary/aromatic N) is 1. The Hall–Kier alpha value is -2.46. The highest BCUT2D eigenvalue weighted by Gasteiger charge is 2.18. The fourth-order valence-corrected chi connectivity index (χ4v) is 3.13. The second-order valence-electron chi connectivity index (χ2n) is 4.70. The molecule has 104 valence electrons. The Bertz CT molecular complexity index is 771. The molecule has 0 bridgehead atoms. The van der Waals surface area contributed by atoms with E-state index < -0.39 is 0 Å². The first-order chi connectivity index (χ1) is 10.2. The molecule has 1 aliphatic heterocycles. The number of amides is 1. The zero-order valence-corrected chi connectivity index (χ0v) is 12.2. The highest BCUT2D eigenvalue weighted by molar-refractivity contribution is 7.11. The second-order valence-corrected chi connectivity index (χ2v) is 5.55. The molecule has 1 amide bonds. The summed E-state index contributed by atoms with van der Waals surface area (Å²) in [5.74, 6) is 0.0453. The van der Waals surface area contributed by atoms with E-state index in [0.29, 0.717) is 6.42 Å². The number of carbonyl (C=O) groups excluding carboxylic acids is 1. The van der Waals surface area contributed by atoms with Gasteiger partial charge in [0.1, 0.15) is 5.01 Å². The zero-order chi connectivity index (χ0) is 14.8. The van der Waals surface area contributed by atoms with Crippen LogP contribution in [0.15, 0.2) is 55.0 Å². The van der Waals surface area contributed by atoms with Crippen LogP contribution in [0.25, 0.3) is 16.8 Å². The first-order valence-electron chi connectivity index (χ1n) is 6.55. The number of benzene rings is 1. The van der Waals surface area contributed by atoms with Gasteiger partial charge in [0, 0.05) is 22.2 Å². The highest BCUT2D eigenvalue weighted by Crippen LogP contribution is 2.31. The Morgan fingerprint density at radius 1 is 1.38 bits per heavy atom. The van der Waals surface area contributed by atoms with Gasteiger partial charge in [-0.05, 0) is 17.7 Å². The van der Waals surface area contributed by atoms with E-state index in [-0.39, 0.29) is 5.91 Å². The van der Waals surface area contributed by atoms with Gasteiger partial charge >= 0.3 is 0 Å². The highest BCUT2D eigenvalue weighted by atomic mass is 32.1. The van der Waals surface area contributed by atoms with E-state index in [9.17, 15) is 4.79 Å². The number of thiazole rings is 1. The van der Waals surface area contributed by atoms with Crippen molar-refractivity contribution in [3.05, 3.63) is 65.5 Å². The van der Waals surface area contributed by atoms with E-state index in [2.05, 4.69) is 23.5 Å². The van der Waals surface area contributed by atoms with Gasteiger partial charge in [0.25, 0.3) is 0 Å². The molecule has 1 N–H and O–H groups in total. The molecule has 0 fully saturated rings. The SMILES string of the molecule is C=CC=C(C=C)c1nc(-c2ccc3c(c2)CC(=O)N3)cs1. The quantitative estimate of drug-likeness (QED) is 0.864. The van der Waals surface area contributed by atoms with Gasteiger partial charge in [0.05, 0.1) is 12.1 Å². The van der Waals surface area contributed by atoms with Crippen LogP contribution in [0.5, 0.6) is 0 Å². The maximum Gasteiger partial charge on any atom is 0.228 e. The van der Waals surface area contributed by atoms with Crippen LogP contribution in [0.1, 0.15) is 10.6 Å². The van der Waals surface area contributed by atoms with E-state index in [0.717, 1.165) is 33.1 Å². The van der Waals surface area contributed by atoms with Gasteiger partial charge in [0.2, 0.25) is 5.91 Å². The van der Waals surface area contributed by atoms with Gasteiger partial charge < -0.3 is 5.32 Å². The summed E-state index contributed by atoms with van der Waals surface area (Å²) in [4.78, 5) is 16.0. The number of allylic oxidation sites excluding steroid dienone is 4. The summed E-state index contributed by atoms with van der Waals surface area (Å²) >= 11 is 1.57. The van der Waals surface area contributed by atoms with Crippen LogP contribution in [-0.4, -0.2) is 10.9 Å². The fourth-order valence-electron chi connectivity index (χ4n) is 2.28. The van der Waals surface area contributed by atoms with Crippen LogP contribution < -0.4 is 5.32 Å². The topological polar surface area (TPSA) is 42.0 Å². The normalized spacial score (nSPS) is 13.7. The molecule has 0 saturated carbocycles. The van der Waals surface area contributed by atoms with Crippen LogP contribution in [-0.2, 0) is 11.2 Å². The molecule has 0 saturated heterocycles. The van der Waals surface area contributed by atoms with Crippen molar-refractivity contribution in [2.24, 2.45) is 0 Å². The molecular weight excluding hydrogens is 280 g/mol.